The minimum absolute atomic E-state index is 0.380. The number of aliphatic imine (C=N–C) groups is 1. The van der Waals surface area contributed by atoms with Gasteiger partial charge in [-0.05, 0) is 70.3 Å². The Morgan fingerprint density at radius 3 is 2.61 bits per heavy atom. The molecule has 2 N–H and O–H groups in total. The normalized spacial score (nSPS) is 22.5. The first-order valence-corrected chi connectivity index (χ1v) is 11.3. The lowest BCUT2D eigenvalue weighted by atomic mass is 10.1. The monoisotopic (exact) mass is 385 g/mol. The molecule has 2 fully saturated rings. The third kappa shape index (κ3) is 6.21. The van der Waals surface area contributed by atoms with E-state index in [1.54, 1.807) is 0 Å². The summed E-state index contributed by atoms with van der Waals surface area (Å²) in [6.07, 6.45) is 5.16. The fourth-order valence-electron chi connectivity index (χ4n) is 4.52. The van der Waals surface area contributed by atoms with Crippen LogP contribution in [0.2, 0.25) is 0 Å². The van der Waals surface area contributed by atoms with Crippen molar-refractivity contribution in [2.24, 2.45) is 10.9 Å². The Morgan fingerprint density at radius 2 is 1.89 bits per heavy atom. The van der Waals surface area contributed by atoms with Gasteiger partial charge in [0.05, 0.1) is 12.6 Å². The molecule has 2 aliphatic heterocycles. The lowest BCUT2D eigenvalue weighted by Gasteiger charge is -2.27. The number of hydrogen-bond donors (Lipinski definition) is 2. The van der Waals surface area contributed by atoms with Gasteiger partial charge in [0, 0.05) is 19.6 Å². The van der Waals surface area contributed by atoms with Crippen LogP contribution >= 0.6 is 0 Å². The maximum Gasteiger partial charge on any atom is 0.191 e. The van der Waals surface area contributed by atoms with E-state index in [1.165, 1.54) is 64.0 Å². The quantitative estimate of drug-likeness (QED) is 0.506. The van der Waals surface area contributed by atoms with Gasteiger partial charge in [0.15, 0.2) is 5.96 Å². The van der Waals surface area contributed by atoms with Crippen LogP contribution in [0.4, 0.5) is 0 Å². The van der Waals surface area contributed by atoms with Gasteiger partial charge in [0.25, 0.3) is 0 Å². The van der Waals surface area contributed by atoms with Crippen molar-refractivity contribution >= 4 is 5.96 Å². The molecule has 2 atom stereocenters. The first-order valence-electron chi connectivity index (χ1n) is 11.3. The van der Waals surface area contributed by atoms with Gasteiger partial charge < -0.3 is 15.5 Å². The van der Waals surface area contributed by atoms with Crippen molar-refractivity contribution in [3.8, 4) is 0 Å². The van der Waals surface area contributed by atoms with Crippen molar-refractivity contribution in [1.82, 2.24) is 20.4 Å². The molecule has 3 rings (SSSR count). The Bertz CT molecular complexity index is 582. The molecule has 0 radical (unpaired) electrons. The summed E-state index contributed by atoms with van der Waals surface area (Å²) in [5.41, 5.74) is 1.38. The second-order valence-corrected chi connectivity index (χ2v) is 8.23. The van der Waals surface area contributed by atoms with E-state index in [1.807, 2.05) is 0 Å². The standard InChI is InChI=1S/C23H39N5/c1-3-13-27-16-12-20(19-27)17-25-23(24-4-2)26-18-22(28-14-8-9-15-28)21-10-6-5-7-11-21/h5-7,10-11,20,22H,3-4,8-9,12-19H2,1-2H3,(H2,24,25,26). The Kier molecular flexibility index (Phi) is 8.62. The van der Waals surface area contributed by atoms with Crippen LogP contribution in [0.3, 0.4) is 0 Å². The highest BCUT2D eigenvalue weighted by Gasteiger charge is 2.24. The number of nitrogens with zero attached hydrogens (tertiary/aromatic N) is 3. The summed E-state index contributed by atoms with van der Waals surface area (Å²) in [5.74, 6) is 1.70. The molecule has 5 nitrogen and oxygen atoms in total. The van der Waals surface area contributed by atoms with Gasteiger partial charge in [-0.3, -0.25) is 9.89 Å². The Labute approximate surface area is 171 Å². The summed E-state index contributed by atoms with van der Waals surface area (Å²) in [5, 5.41) is 7.06. The number of hydrogen-bond acceptors (Lipinski definition) is 3. The second-order valence-electron chi connectivity index (χ2n) is 8.23. The third-order valence-electron chi connectivity index (χ3n) is 6.00. The van der Waals surface area contributed by atoms with Crippen LogP contribution in [-0.2, 0) is 0 Å². The second kappa shape index (κ2) is 11.4. The molecule has 5 heteroatoms. The summed E-state index contributed by atoms with van der Waals surface area (Å²) in [6, 6.07) is 11.3. The van der Waals surface area contributed by atoms with Crippen LogP contribution in [0.1, 0.15) is 51.1 Å². The van der Waals surface area contributed by atoms with Gasteiger partial charge in [0.1, 0.15) is 0 Å². The highest BCUT2D eigenvalue weighted by Crippen LogP contribution is 2.25. The lowest BCUT2D eigenvalue weighted by Crippen LogP contribution is -2.41. The summed E-state index contributed by atoms with van der Waals surface area (Å²) in [4.78, 5) is 10.2. The summed E-state index contributed by atoms with van der Waals surface area (Å²) < 4.78 is 0. The van der Waals surface area contributed by atoms with E-state index in [9.17, 15) is 0 Å². The molecule has 2 saturated heterocycles. The molecule has 2 unspecified atom stereocenters. The van der Waals surface area contributed by atoms with Gasteiger partial charge in [-0.25, -0.2) is 0 Å². The highest BCUT2D eigenvalue weighted by molar-refractivity contribution is 5.79. The Hall–Kier alpha value is -1.59. The number of guanidine groups is 1. The van der Waals surface area contributed by atoms with E-state index in [-0.39, 0.29) is 0 Å². The fourth-order valence-corrected chi connectivity index (χ4v) is 4.52. The number of benzene rings is 1. The average molecular weight is 386 g/mol. The van der Waals surface area contributed by atoms with Crippen molar-refractivity contribution < 1.29 is 0 Å². The van der Waals surface area contributed by atoms with Crippen molar-refractivity contribution in [2.75, 3.05) is 52.4 Å². The number of likely N-dealkylation sites (tertiary alicyclic amines) is 2. The van der Waals surface area contributed by atoms with E-state index in [0.29, 0.717) is 6.04 Å². The zero-order chi connectivity index (χ0) is 19.6. The molecule has 1 aromatic rings. The molecular formula is C23H39N5. The van der Waals surface area contributed by atoms with E-state index in [2.05, 4.69) is 64.6 Å². The van der Waals surface area contributed by atoms with Gasteiger partial charge in [-0.2, -0.15) is 0 Å². The highest BCUT2D eigenvalue weighted by atomic mass is 15.2. The predicted molar refractivity (Wildman–Crippen MR) is 119 cm³/mol. The van der Waals surface area contributed by atoms with Crippen LogP contribution < -0.4 is 10.6 Å². The summed E-state index contributed by atoms with van der Waals surface area (Å²) in [7, 11) is 0. The zero-order valence-electron chi connectivity index (χ0n) is 17.9. The molecule has 2 heterocycles. The average Bonchev–Trinajstić information content (AvgIpc) is 3.40. The van der Waals surface area contributed by atoms with Crippen molar-refractivity contribution in [2.45, 2.75) is 45.6 Å². The van der Waals surface area contributed by atoms with Crippen molar-refractivity contribution in [3.05, 3.63) is 35.9 Å². The molecule has 0 aromatic heterocycles. The first kappa shape index (κ1) is 21.1. The van der Waals surface area contributed by atoms with Crippen LogP contribution in [0.15, 0.2) is 35.3 Å². The van der Waals surface area contributed by atoms with Crippen molar-refractivity contribution in [1.29, 1.82) is 0 Å². The molecule has 0 amide bonds. The number of rotatable bonds is 9. The topological polar surface area (TPSA) is 42.9 Å². The van der Waals surface area contributed by atoms with Gasteiger partial charge in [-0.1, -0.05) is 37.3 Å². The largest absolute Gasteiger partial charge is 0.357 e. The third-order valence-corrected chi connectivity index (χ3v) is 6.00. The van der Waals surface area contributed by atoms with E-state index >= 15 is 0 Å². The van der Waals surface area contributed by atoms with Gasteiger partial charge in [-0.15, -0.1) is 0 Å². The van der Waals surface area contributed by atoms with Crippen LogP contribution in [0.5, 0.6) is 0 Å². The van der Waals surface area contributed by atoms with E-state index in [4.69, 9.17) is 4.99 Å². The van der Waals surface area contributed by atoms with Crippen LogP contribution in [0, 0.1) is 5.92 Å². The van der Waals surface area contributed by atoms with Gasteiger partial charge >= 0.3 is 0 Å². The van der Waals surface area contributed by atoms with Gasteiger partial charge in [0.2, 0.25) is 0 Å². The molecule has 0 aliphatic carbocycles. The minimum atomic E-state index is 0.380. The van der Waals surface area contributed by atoms with E-state index < -0.39 is 0 Å². The zero-order valence-corrected chi connectivity index (χ0v) is 17.9. The van der Waals surface area contributed by atoms with Crippen molar-refractivity contribution in [3.63, 3.8) is 0 Å². The fraction of sp³-hybridized carbons (Fsp3) is 0.696. The molecule has 156 valence electrons. The first-order chi connectivity index (χ1) is 13.8. The molecule has 0 saturated carbocycles. The maximum absolute atomic E-state index is 4.99. The molecule has 28 heavy (non-hydrogen) atoms. The maximum atomic E-state index is 4.99. The lowest BCUT2D eigenvalue weighted by molar-refractivity contribution is 0.251. The number of nitrogens with one attached hydrogen (secondary N) is 2. The molecule has 2 aliphatic rings. The summed E-state index contributed by atoms with van der Waals surface area (Å²) >= 11 is 0. The van der Waals surface area contributed by atoms with Crippen LogP contribution in [-0.4, -0.2) is 68.1 Å². The van der Waals surface area contributed by atoms with E-state index in [0.717, 1.165) is 31.5 Å². The predicted octanol–water partition coefficient (Wildman–Crippen LogP) is 3.11. The molecular weight excluding hydrogens is 346 g/mol. The molecule has 0 bridgehead atoms. The van der Waals surface area contributed by atoms with Crippen LogP contribution in [0.25, 0.3) is 0 Å². The Morgan fingerprint density at radius 1 is 1.11 bits per heavy atom. The molecule has 1 aromatic carbocycles. The Balaban J connectivity index is 1.58. The minimum Gasteiger partial charge on any atom is -0.357 e. The summed E-state index contributed by atoms with van der Waals surface area (Å²) in [6.45, 7) is 13.2. The smallest absolute Gasteiger partial charge is 0.191 e. The molecule has 0 spiro atoms. The SMILES string of the molecule is CCCN1CCC(CNC(=NCC(c2ccccc2)N2CCCC2)NCC)C1.